The third kappa shape index (κ3) is 4.43. The number of likely N-dealkylation sites (tertiary alicyclic amines) is 1. The van der Waals surface area contributed by atoms with Crippen LogP contribution in [0.15, 0.2) is 0 Å². The van der Waals surface area contributed by atoms with E-state index in [0.717, 1.165) is 31.7 Å². The third-order valence-electron chi connectivity index (χ3n) is 2.88. The van der Waals surface area contributed by atoms with Gasteiger partial charge in [-0.05, 0) is 26.0 Å². The van der Waals surface area contributed by atoms with Crippen LogP contribution in [-0.2, 0) is 4.79 Å². The highest BCUT2D eigenvalue weighted by molar-refractivity contribution is 7.98. The molecule has 1 atom stereocenters. The number of hydrogen-bond donors (Lipinski definition) is 1. The minimum atomic E-state index is 0.214. The molecule has 1 heterocycles. The van der Waals surface area contributed by atoms with Gasteiger partial charge in [0.15, 0.2) is 0 Å². The molecule has 1 saturated heterocycles. The second-order valence-electron chi connectivity index (χ2n) is 4.30. The van der Waals surface area contributed by atoms with Gasteiger partial charge < -0.3 is 10.2 Å². The van der Waals surface area contributed by atoms with Gasteiger partial charge in [0.2, 0.25) is 5.91 Å². The topological polar surface area (TPSA) is 32.3 Å². The van der Waals surface area contributed by atoms with E-state index in [1.165, 1.54) is 0 Å². The lowest BCUT2D eigenvalue weighted by Crippen LogP contribution is -2.47. The van der Waals surface area contributed by atoms with Gasteiger partial charge in [-0.3, -0.25) is 4.79 Å². The van der Waals surface area contributed by atoms with E-state index >= 15 is 0 Å². The van der Waals surface area contributed by atoms with E-state index in [2.05, 4.69) is 18.5 Å². The van der Waals surface area contributed by atoms with Gasteiger partial charge in [0.1, 0.15) is 0 Å². The smallest absolute Gasteiger partial charge is 0.219 e. The molecular weight excluding hydrogens is 208 g/mol. The first-order valence-corrected chi connectivity index (χ1v) is 7.03. The second-order valence-corrected chi connectivity index (χ2v) is 5.21. The van der Waals surface area contributed by atoms with Crippen LogP contribution in [0.5, 0.6) is 0 Å². The molecule has 1 fully saturated rings. The van der Waals surface area contributed by atoms with Gasteiger partial charge in [-0.1, -0.05) is 0 Å². The molecule has 0 saturated carbocycles. The van der Waals surface area contributed by atoms with Crippen molar-refractivity contribution in [1.29, 1.82) is 0 Å². The highest BCUT2D eigenvalue weighted by atomic mass is 32.2. The average Bonchev–Trinajstić information content (AvgIpc) is 2.18. The maximum atomic E-state index is 11.1. The summed E-state index contributed by atoms with van der Waals surface area (Å²) in [5, 5.41) is 3.62. The fourth-order valence-corrected chi connectivity index (χ4v) is 2.66. The van der Waals surface area contributed by atoms with Crippen molar-refractivity contribution in [3.8, 4) is 0 Å². The number of nitrogens with zero attached hydrogens (tertiary/aromatic N) is 1. The Bertz CT molecular complexity index is 203. The van der Waals surface area contributed by atoms with Crippen molar-refractivity contribution >= 4 is 17.7 Å². The van der Waals surface area contributed by atoms with Crippen molar-refractivity contribution in [3.05, 3.63) is 0 Å². The molecular formula is C11H22N2OS. The van der Waals surface area contributed by atoms with Gasteiger partial charge in [0, 0.05) is 37.8 Å². The summed E-state index contributed by atoms with van der Waals surface area (Å²) in [6.45, 7) is 5.72. The molecule has 0 aromatic carbocycles. The number of piperidine rings is 1. The summed E-state index contributed by atoms with van der Waals surface area (Å²) >= 11 is 1.88. The van der Waals surface area contributed by atoms with Crippen molar-refractivity contribution in [1.82, 2.24) is 10.2 Å². The summed E-state index contributed by atoms with van der Waals surface area (Å²) in [5.41, 5.74) is 0. The zero-order chi connectivity index (χ0) is 11.3. The van der Waals surface area contributed by atoms with Crippen LogP contribution in [0, 0.1) is 0 Å². The third-order valence-corrected chi connectivity index (χ3v) is 3.71. The Balaban J connectivity index is 2.22. The van der Waals surface area contributed by atoms with Crippen LogP contribution in [-0.4, -0.2) is 48.0 Å². The van der Waals surface area contributed by atoms with E-state index in [1.807, 2.05) is 16.7 Å². The van der Waals surface area contributed by atoms with Gasteiger partial charge in [-0.25, -0.2) is 0 Å². The Morgan fingerprint density at radius 1 is 1.53 bits per heavy atom. The van der Waals surface area contributed by atoms with Gasteiger partial charge in [0.25, 0.3) is 0 Å². The number of hydrogen-bond acceptors (Lipinski definition) is 3. The SMILES string of the molecule is CSCC(C)NC1CCN(C(C)=O)CC1. The summed E-state index contributed by atoms with van der Waals surface area (Å²) in [6.07, 6.45) is 4.33. The molecule has 0 radical (unpaired) electrons. The number of nitrogens with one attached hydrogen (secondary N) is 1. The minimum absolute atomic E-state index is 0.214. The molecule has 4 heteroatoms. The number of thioether (sulfide) groups is 1. The van der Waals surface area contributed by atoms with Crippen molar-refractivity contribution in [2.24, 2.45) is 0 Å². The van der Waals surface area contributed by atoms with E-state index in [9.17, 15) is 4.79 Å². The Kier molecular flexibility index (Phi) is 5.47. The minimum Gasteiger partial charge on any atom is -0.343 e. The highest BCUT2D eigenvalue weighted by Gasteiger charge is 2.21. The first-order valence-electron chi connectivity index (χ1n) is 5.64. The van der Waals surface area contributed by atoms with Crippen LogP contribution in [0.2, 0.25) is 0 Å². The molecule has 1 rings (SSSR count). The van der Waals surface area contributed by atoms with Crippen LogP contribution < -0.4 is 5.32 Å². The maximum Gasteiger partial charge on any atom is 0.219 e. The van der Waals surface area contributed by atoms with Crippen LogP contribution in [0.1, 0.15) is 26.7 Å². The fourth-order valence-electron chi connectivity index (χ4n) is 2.06. The van der Waals surface area contributed by atoms with Gasteiger partial charge in [-0.2, -0.15) is 11.8 Å². The lowest BCUT2D eigenvalue weighted by Gasteiger charge is -2.33. The molecule has 1 N–H and O–H groups in total. The Morgan fingerprint density at radius 3 is 2.60 bits per heavy atom. The summed E-state index contributed by atoms with van der Waals surface area (Å²) in [4.78, 5) is 13.1. The van der Waals surface area contributed by atoms with Crippen molar-refractivity contribution in [2.45, 2.75) is 38.8 Å². The van der Waals surface area contributed by atoms with Crippen LogP contribution in [0.25, 0.3) is 0 Å². The van der Waals surface area contributed by atoms with E-state index in [0.29, 0.717) is 12.1 Å². The summed E-state index contributed by atoms with van der Waals surface area (Å²) in [5.74, 6) is 1.37. The quantitative estimate of drug-likeness (QED) is 0.791. The molecule has 1 aliphatic rings. The predicted octanol–water partition coefficient (Wildman–Crippen LogP) is 1.34. The van der Waals surface area contributed by atoms with E-state index in [4.69, 9.17) is 0 Å². The zero-order valence-electron chi connectivity index (χ0n) is 9.95. The molecule has 0 spiro atoms. The maximum absolute atomic E-state index is 11.1. The largest absolute Gasteiger partial charge is 0.343 e. The van der Waals surface area contributed by atoms with Crippen LogP contribution >= 0.6 is 11.8 Å². The standard InChI is InChI=1S/C11H22N2OS/c1-9(8-15-3)12-11-4-6-13(7-5-11)10(2)14/h9,11-12H,4-8H2,1-3H3. The molecule has 15 heavy (non-hydrogen) atoms. The molecule has 1 amide bonds. The van der Waals surface area contributed by atoms with Crippen LogP contribution in [0.3, 0.4) is 0 Å². The predicted molar refractivity (Wildman–Crippen MR) is 66.3 cm³/mol. The molecule has 1 aliphatic heterocycles. The number of carbonyl (C=O) groups excluding carboxylic acids is 1. The number of amides is 1. The number of carbonyl (C=O) groups is 1. The van der Waals surface area contributed by atoms with Crippen molar-refractivity contribution in [2.75, 3.05) is 25.1 Å². The van der Waals surface area contributed by atoms with E-state index in [-0.39, 0.29) is 5.91 Å². The average molecular weight is 230 g/mol. The number of rotatable bonds is 4. The van der Waals surface area contributed by atoms with E-state index < -0.39 is 0 Å². The van der Waals surface area contributed by atoms with Crippen molar-refractivity contribution in [3.63, 3.8) is 0 Å². The lowest BCUT2D eigenvalue weighted by atomic mass is 10.0. The highest BCUT2D eigenvalue weighted by Crippen LogP contribution is 2.11. The Morgan fingerprint density at radius 2 is 2.13 bits per heavy atom. The molecule has 3 nitrogen and oxygen atoms in total. The molecule has 1 unspecified atom stereocenters. The summed E-state index contributed by atoms with van der Waals surface area (Å²) < 4.78 is 0. The first kappa shape index (κ1) is 12.8. The van der Waals surface area contributed by atoms with Crippen molar-refractivity contribution < 1.29 is 4.79 Å². The fraction of sp³-hybridized carbons (Fsp3) is 0.909. The molecule has 0 aromatic heterocycles. The summed E-state index contributed by atoms with van der Waals surface area (Å²) in [6, 6.07) is 1.18. The molecule has 0 bridgehead atoms. The van der Waals surface area contributed by atoms with E-state index in [1.54, 1.807) is 6.92 Å². The Hall–Kier alpha value is -0.220. The second kappa shape index (κ2) is 6.38. The lowest BCUT2D eigenvalue weighted by molar-refractivity contribution is -0.129. The monoisotopic (exact) mass is 230 g/mol. The normalized spacial score (nSPS) is 20.3. The Labute approximate surface area is 97.0 Å². The summed E-state index contributed by atoms with van der Waals surface area (Å²) in [7, 11) is 0. The molecule has 0 aromatic rings. The molecule has 0 aliphatic carbocycles. The first-order chi connectivity index (χ1) is 7.13. The van der Waals surface area contributed by atoms with Gasteiger partial charge >= 0.3 is 0 Å². The van der Waals surface area contributed by atoms with Crippen LogP contribution in [0.4, 0.5) is 0 Å². The zero-order valence-corrected chi connectivity index (χ0v) is 10.8. The molecule has 88 valence electrons. The van der Waals surface area contributed by atoms with Gasteiger partial charge in [-0.15, -0.1) is 0 Å². The van der Waals surface area contributed by atoms with Gasteiger partial charge in [0.05, 0.1) is 0 Å².